The van der Waals surface area contributed by atoms with E-state index in [1.54, 1.807) is 9.36 Å². The summed E-state index contributed by atoms with van der Waals surface area (Å²) in [5, 5.41) is 12.6. The molecule has 0 fully saturated rings. The molecule has 0 amide bonds. The standard InChI is InChI=1S/C11H16ClN5/c1-7-9(6-16(3)14-7)13-5-10-11(12)8(2)15-17(10)4/h6,13H,5H2,1-4H3. The van der Waals surface area contributed by atoms with Crippen LogP contribution < -0.4 is 5.32 Å². The predicted octanol–water partition coefficient (Wildman–Crippen LogP) is 2.04. The van der Waals surface area contributed by atoms with E-state index in [0.29, 0.717) is 6.54 Å². The van der Waals surface area contributed by atoms with Crippen LogP contribution >= 0.6 is 11.6 Å². The summed E-state index contributed by atoms with van der Waals surface area (Å²) in [7, 11) is 3.80. The van der Waals surface area contributed by atoms with Crippen LogP contribution in [0.25, 0.3) is 0 Å². The van der Waals surface area contributed by atoms with Gasteiger partial charge in [-0.3, -0.25) is 9.36 Å². The van der Waals surface area contributed by atoms with Gasteiger partial charge >= 0.3 is 0 Å². The van der Waals surface area contributed by atoms with E-state index in [1.165, 1.54) is 0 Å². The molecule has 0 unspecified atom stereocenters. The van der Waals surface area contributed by atoms with Crippen LogP contribution in [0.1, 0.15) is 17.1 Å². The van der Waals surface area contributed by atoms with Crippen molar-refractivity contribution in [3.05, 3.63) is 28.3 Å². The number of aryl methyl sites for hydroxylation is 4. The van der Waals surface area contributed by atoms with Crippen molar-refractivity contribution in [3.63, 3.8) is 0 Å². The SMILES string of the molecule is Cc1nn(C)cc1NCc1c(Cl)c(C)nn1C. The second-order valence-electron chi connectivity index (χ2n) is 4.13. The lowest BCUT2D eigenvalue weighted by atomic mass is 10.3. The fraction of sp³-hybridized carbons (Fsp3) is 0.455. The molecule has 0 spiro atoms. The molecule has 0 aliphatic heterocycles. The molecule has 0 aromatic carbocycles. The third-order valence-corrected chi connectivity index (χ3v) is 3.21. The molecule has 0 saturated carbocycles. The van der Waals surface area contributed by atoms with E-state index >= 15 is 0 Å². The van der Waals surface area contributed by atoms with Gasteiger partial charge < -0.3 is 5.32 Å². The smallest absolute Gasteiger partial charge is 0.0865 e. The topological polar surface area (TPSA) is 47.7 Å². The van der Waals surface area contributed by atoms with Gasteiger partial charge in [0.1, 0.15) is 0 Å². The van der Waals surface area contributed by atoms with E-state index in [0.717, 1.165) is 27.8 Å². The number of hydrogen-bond donors (Lipinski definition) is 1. The molecule has 2 rings (SSSR count). The number of halogens is 1. The molecule has 6 heteroatoms. The fourth-order valence-corrected chi connectivity index (χ4v) is 2.05. The molecule has 0 saturated heterocycles. The van der Waals surface area contributed by atoms with Gasteiger partial charge in [0, 0.05) is 20.3 Å². The lowest BCUT2D eigenvalue weighted by Gasteiger charge is -2.05. The molecular formula is C11H16ClN5. The van der Waals surface area contributed by atoms with Crippen molar-refractivity contribution in [1.82, 2.24) is 19.6 Å². The average molecular weight is 254 g/mol. The Morgan fingerprint density at radius 1 is 1.24 bits per heavy atom. The van der Waals surface area contributed by atoms with E-state index in [-0.39, 0.29) is 0 Å². The maximum Gasteiger partial charge on any atom is 0.0865 e. The number of aromatic nitrogens is 4. The van der Waals surface area contributed by atoms with Crippen molar-refractivity contribution in [2.75, 3.05) is 5.32 Å². The third kappa shape index (κ3) is 2.29. The first-order chi connectivity index (χ1) is 7.99. The Kier molecular flexibility index (Phi) is 3.11. The molecule has 0 aliphatic carbocycles. The second kappa shape index (κ2) is 4.41. The highest BCUT2D eigenvalue weighted by Gasteiger charge is 2.11. The lowest BCUT2D eigenvalue weighted by Crippen LogP contribution is -2.06. The normalized spacial score (nSPS) is 10.9. The minimum atomic E-state index is 0.642. The number of hydrogen-bond acceptors (Lipinski definition) is 3. The molecule has 1 N–H and O–H groups in total. The molecule has 5 nitrogen and oxygen atoms in total. The Balaban J connectivity index is 2.15. The van der Waals surface area contributed by atoms with E-state index in [9.17, 15) is 0 Å². The zero-order valence-corrected chi connectivity index (χ0v) is 11.2. The monoisotopic (exact) mass is 253 g/mol. The number of nitrogens with zero attached hydrogens (tertiary/aromatic N) is 4. The van der Waals surface area contributed by atoms with Crippen LogP contribution in [0.2, 0.25) is 5.02 Å². The average Bonchev–Trinajstić information content (AvgIpc) is 2.67. The van der Waals surface area contributed by atoms with E-state index in [4.69, 9.17) is 11.6 Å². The summed E-state index contributed by atoms with van der Waals surface area (Å²) in [5.41, 5.74) is 3.83. The Morgan fingerprint density at radius 2 is 1.94 bits per heavy atom. The fourth-order valence-electron chi connectivity index (χ4n) is 1.82. The number of nitrogens with one attached hydrogen (secondary N) is 1. The van der Waals surface area contributed by atoms with Gasteiger partial charge in [-0.05, 0) is 13.8 Å². The molecular weight excluding hydrogens is 238 g/mol. The molecule has 0 atom stereocenters. The minimum absolute atomic E-state index is 0.642. The zero-order chi connectivity index (χ0) is 12.6. The number of anilines is 1. The summed E-state index contributed by atoms with van der Waals surface area (Å²) in [6, 6.07) is 0. The van der Waals surface area contributed by atoms with Crippen molar-refractivity contribution in [2.45, 2.75) is 20.4 Å². The molecule has 0 aliphatic rings. The second-order valence-corrected chi connectivity index (χ2v) is 4.50. The third-order valence-electron chi connectivity index (χ3n) is 2.72. The first-order valence-electron chi connectivity index (χ1n) is 5.41. The van der Waals surface area contributed by atoms with Crippen LogP contribution in [0.5, 0.6) is 0 Å². The van der Waals surface area contributed by atoms with Crippen molar-refractivity contribution in [3.8, 4) is 0 Å². The molecule has 2 heterocycles. The molecule has 17 heavy (non-hydrogen) atoms. The Bertz CT molecular complexity index is 540. The highest BCUT2D eigenvalue weighted by Crippen LogP contribution is 2.21. The van der Waals surface area contributed by atoms with Gasteiger partial charge in [0.2, 0.25) is 0 Å². The molecule has 92 valence electrons. The van der Waals surface area contributed by atoms with Crippen LogP contribution in [0.4, 0.5) is 5.69 Å². The van der Waals surface area contributed by atoms with Crippen LogP contribution in [-0.2, 0) is 20.6 Å². The highest BCUT2D eigenvalue weighted by molar-refractivity contribution is 6.31. The Morgan fingerprint density at radius 3 is 2.41 bits per heavy atom. The van der Waals surface area contributed by atoms with Gasteiger partial charge in [-0.2, -0.15) is 10.2 Å². The van der Waals surface area contributed by atoms with Crippen LogP contribution in [0.3, 0.4) is 0 Å². The Labute approximate surface area is 105 Å². The molecule has 2 aromatic rings. The Hall–Kier alpha value is -1.49. The summed E-state index contributed by atoms with van der Waals surface area (Å²) in [6.07, 6.45) is 1.95. The van der Waals surface area contributed by atoms with Crippen molar-refractivity contribution in [1.29, 1.82) is 0 Å². The first kappa shape index (κ1) is 12.0. The summed E-state index contributed by atoms with van der Waals surface area (Å²) in [5.74, 6) is 0. The van der Waals surface area contributed by atoms with Gasteiger partial charge in [0.05, 0.1) is 34.3 Å². The summed E-state index contributed by atoms with van der Waals surface area (Å²) in [4.78, 5) is 0. The quantitative estimate of drug-likeness (QED) is 0.911. The van der Waals surface area contributed by atoms with Gasteiger partial charge in [-0.15, -0.1) is 0 Å². The first-order valence-corrected chi connectivity index (χ1v) is 5.79. The van der Waals surface area contributed by atoms with Crippen LogP contribution in [0, 0.1) is 13.8 Å². The van der Waals surface area contributed by atoms with Gasteiger partial charge in [0.25, 0.3) is 0 Å². The van der Waals surface area contributed by atoms with E-state index in [1.807, 2.05) is 34.1 Å². The molecule has 0 bridgehead atoms. The maximum atomic E-state index is 6.18. The summed E-state index contributed by atoms with van der Waals surface area (Å²) < 4.78 is 3.59. The summed E-state index contributed by atoms with van der Waals surface area (Å²) in [6.45, 7) is 4.52. The van der Waals surface area contributed by atoms with Crippen LogP contribution in [0.15, 0.2) is 6.20 Å². The number of rotatable bonds is 3. The van der Waals surface area contributed by atoms with Crippen molar-refractivity contribution < 1.29 is 0 Å². The zero-order valence-electron chi connectivity index (χ0n) is 10.5. The van der Waals surface area contributed by atoms with Crippen molar-refractivity contribution >= 4 is 17.3 Å². The minimum Gasteiger partial charge on any atom is -0.377 e. The van der Waals surface area contributed by atoms with Crippen LogP contribution in [-0.4, -0.2) is 19.6 Å². The van der Waals surface area contributed by atoms with Gasteiger partial charge in [0.15, 0.2) is 0 Å². The van der Waals surface area contributed by atoms with Gasteiger partial charge in [-0.25, -0.2) is 0 Å². The summed E-state index contributed by atoms with van der Waals surface area (Å²) >= 11 is 6.18. The highest BCUT2D eigenvalue weighted by atomic mass is 35.5. The lowest BCUT2D eigenvalue weighted by molar-refractivity contribution is 0.713. The van der Waals surface area contributed by atoms with E-state index in [2.05, 4.69) is 15.5 Å². The maximum absolute atomic E-state index is 6.18. The van der Waals surface area contributed by atoms with Crippen molar-refractivity contribution in [2.24, 2.45) is 14.1 Å². The van der Waals surface area contributed by atoms with E-state index < -0.39 is 0 Å². The molecule has 0 radical (unpaired) electrons. The molecule has 2 aromatic heterocycles. The largest absolute Gasteiger partial charge is 0.377 e. The predicted molar refractivity (Wildman–Crippen MR) is 68.2 cm³/mol. The van der Waals surface area contributed by atoms with Gasteiger partial charge in [-0.1, -0.05) is 11.6 Å².